The number of hydrogen-bond acceptors (Lipinski definition) is 6. The molecular weight excluding hydrogens is 234 g/mol. The Labute approximate surface area is 101 Å². The molecule has 3 rings (SSSR count). The lowest BCUT2D eigenvalue weighted by Gasteiger charge is -1.90. The number of pyridine rings is 1. The molecule has 0 aliphatic rings. The van der Waals surface area contributed by atoms with Crippen LogP contribution in [0.4, 0.5) is 0 Å². The number of aromatic amines is 1. The van der Waals surface area contributed by atoms with Crippen LogP contribution in [0.2, 0.25) is 0 Å². The highest BCUT2D eigenvalue weighted by Gasteiger charge is 2.12. The molecule has 0 radical (unpaired) electrons. The average Bonchev–Trinajstić information content (AvgIpc) is 2.90. The molecule has 7 nitrogen and oxygen atoms in total. The summed E-state index contributed by atoms with van der Waals surface area (Å²) in [5.74, 6) is 0.602. The molecule has 0 spiro atoms. The fourth-order valence-corrected chi connectivity index (χ4v) is 1.39. The number of hydrogen-bond donors (Lipinski definition) is 1. The standard InChI is InChI=1S/C11H7N5O2/c17-9-5-4-8(14-15-9)11-13-10(16-18-11)7-3-1-2-6-12-7/h1-6H,(H,15,17). The van der Waals surface area contributed by atoms with Crippen molar-refractivity contribution in [3.05, 3.63) is 46.9 Å². The molecular formula is C11H7N5O2. The minimum Gasteiger partial charge on any atom is -0.332 e. The van der Waals surface area contributed by atoms with E-state index in [0.29, 0.717) is 17.2 Å². The van der Waals surface area contributed by atoms with E-state index < -0.39 is 0 Å². The first-order chi connectivity index (χ1) is 8.83. The third kappa shape index (κ3) is 1.88. The molecule has 0 aromatic carbocycles. The van der Waals surface area contributed by atoms with Gasteiger partial charge in [-0.05, 0) is 18.2 Å². The topological polar surface area (TPSA) is 97.6 Å². The van der Waals surface area contributed by atoms with E-state index in [1.807, 2.05) is 6.07 Å². The molecule has 0 atom stereocenters. The second-order valence-electron chi connectivity index (χ2n) is 3.44. The van der Waals surface area contributed by atoms with Gasteiger partial charge in [-0.15, -0.1) is 0 Å². The summed E-state index contributed by atoms with van der Waals surface area (Å²) < 4.78 is 5.06. The largest absolute Gasteiger partial charge is 0.332 e. The molecule has 3 heterocycles. The van der Waals surface area contributed by atoms with Gasteiger partial charge in [-0.25, -0.2) is 5.10 Å². The van der Waals surface area contributed by atoms with Gasteiger partial charge >= 0.3 is 0 Å². The van der Waals surface area contributed by atoms with Crippen LogP contribution in [-0.2, 0) is 0 Å². The fraction of sp³-hybridized carbons (Fsp3) is 0. The number of H-pyrrole nitrogens is 1. The quantitative estimate of drug-likeness (QED) is 0.715. The molecule has 7 heteroatoms. The molecule has 0 aliphatic carbocycles. The molecule has 0 saturated heterocycles. The van der Waals surface area contributed by atoms with Gasteiger partial charge in [-0.1, -0.05) is 11.2 Å². The molecule has 18 heavy (non-hydrogen) atoms. The third-order valence-electron chi connectivity index (χ3n) is 2.22. The first-order valence-electron chi connectivity index (χ1n) is 5.14. The van der Waals surface area contributed by atoms with Crippen molar-refractivity contribution in [2.75, 3.05) is 0 Å². The van der Waals surface area contributed by atoms with Gasteiger partial charge in [0.25, 0.3) is 11.4 Å². The smallest absolute Gasteiger partial charge is 0.278 e. The maximum absolute atomic E-state index is 10.9. The van der Waals surface area contributed by atoms with E-state index in [-0.39, 0.29) is 11.4 Å². The van der Waals surface area contributed by atoms with E-state index in [2.05, 4.69) is 25.3 Å². The first kappa shape index (κ1) is 10.3. The van der Waals surface area contributed by atoms with Crippen LogP contribution in [0.5, 0.6) is 0 Å². The summed E-state index contributed by atoms with van der Waals surface area (Å²) in [5, 5.41) is 9.90. The van der Waals surface area contributed by atoms with Crippen molar-refractivity contribution in [3.8, 4) is 23.1 Å². The maximum atomic E-state index is 10.9. The number of nitrogens with zero attached hydrogens (tertiary/aromatic N) is 4. The summed E-state index contributed by atoms with van der Waals surface area (Å²) in [5.41, 5.74) is 0.726. The highest BCUT2D eigenvalue weighted by molar-refractivity contribution is 5.53. The van der Waals surface area contributed by atoms with E-state index in [1.165, 1.54) is 12.1 Å². The summed E-state index contributed by atoms with van der Waals surface area (Å²) in [6, 6.07) is 8.25. The highest BCUT2D eigenvalue weighted by atomic mass is 16.5. The van der Waals surface area contributed by atoms with E-state index in [9.17, 15) is 4.79 Å². The molecule has 1 N–H and O–H groups in total. The van der Waals surface area contributed by atoms with Crippen LogP contribution in [0.1, 0.15) is 0 Å². The molecule has 0 fully saturated rings. The van der Waals surface area contributed by atoms with Gasteiger partial charge in [0.2, 0.25) is 5.82 Å². The predicted octanol–water partition coefficient (Wildman–Crippen LogP) is 0.882. The Kier molecular flexibility index (Phi) is 2.41. The Bertz CT molecular complexity index is 699. The number of nitrogens with one attached hydrogen (secondary N) is 1. The van der Waals surface area contributed by atoms with Crippen LogP contribution < -0.4 is 5.56 Å². The summed E-state index contributed by atoms with van der Waals surface area (Å²) in [6.07, 6.45) is 1.64. The fourth-order valence-electron chi connectivity index (χ4n) is 1.39. The van der Waals surface area contributed by atoms with Crippen LogP contribution in [0.3, 0.4) is 0 Å². The lowest BCUT2D eigenvalue weighted by molar-refractivity contribution is 0.430. The lowest BCUT2D eigenvalue weighted by atomic mass is 10.3. The second-order valence-corrected chi connectivity index (χ2v) is 3.44. The first-order valence-corrected chi connectivity index (χ1v) is 5.14. The van der Waals surface area contributed by atoms with Gasteiger partial charge in [0, 0.05) is 12.3 Å². The Morgan fingerprint density at radius 1 is 1.11 bits per heavy atom. The van der Waals surface area contributed by atoms with Gasteiger partial charge < -0.3 is 4.52 Å². The van der Waals surface area contributed by atoms with Crippen molar-refractivity contribution in [2.24, 2.45) is 0 Å². The van der Waals surface area contributed by atoms with Crippen molar-refractivity contribution in [2.45, 2.75) is 0 Å². The summed E-state index contributed by atoms with van der Waals surface area (Å²) in [6.45, 7) is 0. The lowest BCUT2D eigenvalue weighted by Crippen LogP contribution is -2.05. The minimum atomic E-state index is -0.289. The van der Waals surface area contributed by atoms with Crippen molar-refractivity contribution in [3.63, 3.8) is 0 Å². The SMILES string of the molecule is O=c1ccc(-c2nc(-c3ccccn3)no2)n[nH]1. The van der Waals surface area contributed by atoms with Crippen molar-refractivity contribution in [1.29, 1.82) is 0 Å². The molecule has 3 aromatic heterocycles. The van der Waals surface area contributed by atoms with E-state index in [4.69, 9.17) is 4.52 Å². The van der Waals surface area contributed by atoms with Gasteiger partial charge in [0.05, 0.1) is 0 Å². The van der Waals surface area contributed by atoms with Gasteiger partial charge in [-0.3, -0.25) is 9.78 Å². The number of rotatable bonds is 2. The van der Waals surface area contributed by atoms with Crippen LogP contribution in [0, 0.1) is 0 Å². The molecule has 0 amide bonds. The molecule has 88 valence electrons. The van der Waals surface area contributed by atoms with Crippen LogP contribution in [0.15, 0.2) is 45.8 Å². The molecule has 0 saturated carbocycles. The average molecular weight is 241 g/mol. The van der Waals surface area contributed by atoms with E-state index in [0.717, 1.165) is 0 Å². The Morgan fingerprint density at radius 3 is 2.78 bits per heavy atom. The zero-order valence-corrected chi connectivity index (χ0v) is 9.07. The van der Waals surface area contributed by atoms with Crippen LogP contribution in [-0.4, -0.2) is 25.3 Å². The molecule has 0 unspecified atom stereocenters. The molecule has 0 bridgehead atoms. The van der Waals surface area contributed by atoms with Crippen LogP contribution >= 0.6 is 0 Å². The zero-order valence-electron chi connectivity index (χ0n) is 9.07. The summed E-state index contributed by atoms with van der Waals surface area (Å²) >= 11 is 0. The zero-order chi connectivity index (χ0) is 12.4. The second kappa shape index (κ2) is 4.21. The number of aromatic nitrogens is 5. The Morgan fingerprint density at radius 2 is 2.06 bits per heavy atom. The third-order valence-corrected chi connectivity index (χ3v) is 2.22. The van der Waals surface area contributed by atoms with Gasteiger partial charge in [0.15, 0.2) is 0 Å². The Balaban J connectivity index is 1.99. The summed E-state index contributed by atoms with van der Waals surface area (Å²) in [7, 11) is 0. The van der Waals surface area contributed by atoms with Crippen LogP contribution in [0.25, 0.3) is 23.1 Å². The predicted molar refractivity (Wildman–Crippen MR) is 61.4 cm³/mol. The van der Waals surface area contributed by atoms with E-state index in [1.54, 1.807) is 18.3 Å². The normalized spacial score (nSPS) is 10.4. The monoisotopic (exact) mass is 241 g/mol. The minimum absolute atomic E-state index is 0.229. The van der Waals surface area contributed by atoms with E-state index >= 15 is 0 Å². The van der Waals surface area contributed by atoms with Gasteiger partial charge in [0.1, 0.15) is 11.4 Å². The summed E-state index contributed by atoms with van der Waals surface area (Å²) in [4.78, 5) is 19.1. The van der Waals surface area contributed by atoms with Crippen molar-refractivity contribution in [1.82, 2.24) is 25.3 Å². The Hall–Kier alpha value is -2.83. The van der Waals surface area contributed by atoms with Crippen molar-refractivity contribution >= 4 is 0 Å². The maximum Gasteiger partial charge on any atom is 0.278 e. The van der Waals surface area contributed by atoms with Gasteiger partial charge in [-0.2, -0.15) is 10.1 Å². The van der Waals surface area contributed by atoms with Crippen molar-refractivity contribution < 1.29 is 4.52 Å². The molecule has 3 aromatic rings. The highest BCUT2D eigenvalue weighted by Crippen LogP contribution is 2.17. The molecule has 0 aliphatic heterocycles.